The molecule has 82 valence electrons. The van der Waals surface area contributed by atoms with E-state index in [4.69, 9.17) is 33.7 Å². The van der Waals surface area contributed by atoms with Crippen LogP contribution in [-0.2, 0) is 0 Å². The van der Waals surface area contributed by atoms with Crippen LogP contribution < -0.4 is 10.5 Å². The predicted molar refractivity (Wildman–Crippen MR) is 60.2 cm³/mol. The summed E-state index contributed by atoms with van der Waals surface area (Å²) in [5.74, 6) is 0.00155. The Balaban J connectivity index is 2.61. The van der Waals surface area contributed by atoms with Crippen LogP contribution in [0.2, 0.25) is 10.0 Å². The topological polar surface area (TPSA) is 35.2 Å². The van der Waals surface area contributed by atoms with Gasteiger partial charge in [0.1, 0.15) is 18.2 Å². The molecule has 0 heterocycles. The Morgan fingerprint density at radius 3 is 2.47 bits per heavy atom. The van der Waals surface area contributed by atoms with E-state index in [0.717, 1.165) is 0 Å². The third-order valence-corrected chi connectivity index (χ3v) is 1.99. The first kappa shape index (κ1) is 12.3. The highest BCUT2D eigenvalue weighted by Gasteiger charge is 2.00. The lowest BCUT2D eigenvalue weighted by Crippen LogP contribution is -2.01. The van der Waals surface area contributed by atoms with E-state index in [2.05, 4.69) is 0 Å². The average Bonchev–Trinajstić information content (AvgIpc) is 2.14. The molecule has 5 heteroatoms. The lowest BCUT2D eigenvalue weighted by molar-refractivity contribution is 0.318. The molecule has 0 aliphatic carbocycles. The molecule has 0 radical (unpaired) electrons. The van der Waals surface area contributed by atoms with Crippen molar-refractivity contribution in [2.75, 3.05) is 13.2 Å². The Labute approximate surface area is 97.4 Å². The second-order valence-electron chi connectivity index (χ2n) is 2.78. The van der Waals surface area contributed by atoms with Gasteiger partial charge in [0.25, 0.3) is 0 Å². The summed E-state index contributed by atoms with van der Waals surface area (Å²) in [7, 11) is 0. The molecule has 2 nitrogen and oxygen atoms in total. The summed E-state index contributed by atoms with van der Waals surface area (Å²) in [5.41, 5.74) is 5.13. The molecule has 0 aromatic heterocycles. The summed E-state index contributed by atoms with van der Waals surface area (Å²) in [6.07, 6.45) is 1.24. The van der Waals surface area contributed by atoms with Crippen LogP contribution in [-0.4, -0.2) is 13.2 Å². The van der Waals surface area contributed by atoms with Crippen molar-refractivity contribution in [3.05, 3.63) is 40.1 Å². The molecule has 15 heavy (non-hydrogen) atoms. The highest BCUT2D eigenvalue weighted by Crippen LogP contribution is 2.24. The van der Waals surface area contributed by atoms with E-state index in [1.807, 2.05) is 0 Å². The van der Waals surface area contributed by atoms with Crippen molar-refractivity contribution < 1.29 is 9.13 Å². The Morgan fingerprint density at radius 1 is 1.33 bits per heavy atom. The largest absolute Gasteiger partial charge is 0.486 e. The van der Waals surface area contributed by atoms with Gasteiger partial charge in [-0.25, -0.2) is 4.39 Å². The number of hydrogen-bond donors (Lipinski definition) is 1. The number of ether oxygens (including phenoxy) is 1. The molecule has 0 aliphatic heterocycles. The van der Waals surface area contributed by atoms with Crippen molar-refractivity contribution >= 4 is 23.2 Å². The minimum absolute atomic E-state index is 0.144. The van der Waals surface area contributed by atoms with Gasteiger partial charge in [-0.05, 0) is 24.3 Å². The van der Waals surface area contributed by atoms with E-state index in [1.165, 1.54) is 6.08 Å². The summed E-state index contributed by atoms with van der Waals surface area (Å²) in [5, 5.41) is 0.890. The normalized spacial score (nSPS) is 11.6. The van der Waals surface area contributed by atoms with E-state index in [0.29, 0.717) is 15.8 Å². The van der Waals surface area contributed by atoms with Crippen molar-refractivity contribution in [3.63, 3.8) is 0 Å². The molecule has 2 N–H and O–H groups in total. The summed E-state index contributed by atoms with van der Waals surface area (Å²) < 4.78 is 18.0. The van der Waals surface area contributed by atoms with Crippen molar-refractivity contribution in [3.8, 4) is 5.75 Å². The predicted octanol–water partition coefficient (Wildman–Crippen LogP) is 3.18. The molecule has 0 saturated carbocycles. The molecular weight excluding hydrogens is 240 g/mol. The maximum atomic E-state index is 12.9. The van der Waals surface area contributed by atoms with Gasteiger partial charge in [-0.1, -0.05) is 23.2 Å². The number of hydrogen-bond acceptors (Lipinski definition) is 2. The smallest absolute Gasteiger partial charge is 0.139 e. The molecular formula is C10H10Cl2FNO. The molecule has 0 bridgehead atoms. The first-order valence-corrected chi connectivity index (χ1v) is 5.01. The van der Waals surface area contributed by atoms with Crippen LogP contribution >= 0.6 is 23.2 Å². The van der Waals surface area contributed by atoms with Gasteiger partial charge < -0.3 is 10.5 Å². The zero-order valence-corrected chi connectivity index (χ0v) is 9.35. The number of halogens is 3. The first-order valence-electron chi connectivity index (χ1n) is 4.25. The standard InChI is InChI=1S/C10H10Cl2FNO/c11-7-3-8(12)5-10(4-7)15-6-9(13)1-2-14/h1,3-5H,2,6,14H2/b9-1-. The zero-order chi connectivity index (χ0) is 11.3. The third kappa shape index (κ3) is 4.51. The quantitative estimate of drug-likeness (QED) is 0.890. The highest BCUT2D eigenvalue weighted by atomic mass is 35.5. The first-order chi connectivity index (χ1) is 7.11. The highest BCUT2D eigenvalue weighted by molar-refractivity contribution is 6.34. The third-order valence-electron chi connectivity index (χ3n) is 1.55. The lowest BCUT2D eigenvalue weighted by atomic mass is 10.3. The van der Waals surface area contributed by atoms with E-state index in [9.17, 15) is 4.39 Å². The van der Waals surface area contributed by atoms with Gasteiger partial charge in [-0.15, -0.1) is 0 Å². The van der Waals surface area contributed by atoms with Crippen molar-refractivity contribution in [1.82, 2.24) is 0 Å². The molecule has 0 unspecified atom stereocenters. The maximum Gasteiger partial charge on any atom is 0.139 e. The molecule has 1 aromatic carbocycles. The molecule has 0 fully saturated rings. The van der Waals surface area contributed by atoms with E-state index >= 15 is 0 Å². The summed E-state index contributed by atoms with van der Waals surface area (Å²) >= 11 is 11.5. The van der Waals surface area contributed by atoms with Crippen LogP contribution in [0.4, 0.5) is 4.39 Å². The molecule has 0 aliphatic rings. The second kappa shape index (κ2) is 5.95. The van der Waals surface area contributed by atoms with E-state index in [-0.39, 0.29) is 13.2 Å². The fourth-order valence-electron chi connectivity index (χ4n) is 0.951. The second-order valence-corrected chi connectivity index (χ2v) is 3.65. The van der Waals surface area contributed by atoms with Crippen LogP contribution in [0, 0.1) is 0 Å². The Morgan fingerprint density at radius 2 is 1.93 bits per heavy atom. The average molecular weight is 250 g/mol. The fourth-order valence-corrected chi connectivity index (χ4v) is 1.46. The van der Waals surface area contributed by atoms with Gasteiger partial charge in [0.2, 0.25) is 0 Å². The minimum Gasteiger partial charge on any atom is -0.486 e. The molecule has 0 saturated heterocycles. The van der Waals surface area contributed by atoms with Crippen molar-refractivity contribution in [2.45, 2.75) is 0 Å². The minimum atomic E-state index is -0.423. The van der Waals surface area contributed by atoms with Gasteiger partial charge in [0.15, 0.2) is 0 Å². The lowest BCUT2D eigenvalue weighted by Gasteiger charge is -2.05. The van der Waals surface area contributed by atoms with Gasteiger partial charge in [0, 0.05) is 16.6 Å². The SMILES string of the molecule is NC/C=C(\F)COc1cc(Cl)cc(Cl)c1. The molecule has 1 rings (SSSR count). The van der Waals surface area contributed by atoms with E-state index in [1.54, 1.807) is 18.2 Å². The van der Waals surface area contributed by atoms with Gasteiger partial charge in [0.05, 0.1) is 0 Å². The summed E-state index contributed by atoms with van der Waals surface area (Å²) in [6, 6.07) is 4.69. The Bertz CT molecular complexity index is 348. The molecule has 0 amide bonds. The fraction of sp³-hybridized carbons (Fsp3) is 0.200. The molecule has 0 spiro atoms. The number of benzene rings is 1. The van der Waals surface area contributed by atoms with Crippen molar-refractivity contribution in [2.24, 2.45) is 5.73 Å². The van der Waals surface area contributed by atoms with Crippen LogP contribution in [0.25, 0.3) is 0 Å². The van der Waals surface area contributed by atoms with Crippen LogP contribution in [0.15, 0.2) is 30.1 Å². The number of rotatable bonds is 4. The van der Waals surface area contributed by atoms with Gasteiger partial charge in [-0.2, -0.15) is 0 Å². The maximum absolute atomic E-state index is 12.9. The molecule has 0 atom stereocenters. The molecule has 1 aromatic rings. The number of nitrogens with two attached hydrogens (primary N) is 1. The zero-order valence-electron chi connectivity index (χ0n) is 7.84. The Kier molecular flexibility index (Phi) is 4.88. The summed E-state index contributed by atoms with van der Waals surface area (Å²) in [6.45, 7) is -0.0284. The van der Waals surface area contributed by atoms with Gasteiger partial charge in [-0.3, -0.25) is 0 Å². The van der Waals surface area contributed by atoms with Gasteiger partial charge >= 0.3 is 0 Å². The van der Waals surface area contributed by atoms with Crippen LogP contribution in [0.3, 0.4) is 0 Å². The Hall–Kier alpha value is -0.770. The summed E-state index contributed by atoms with van der Waals surface area (Å²) in [4.78, 5) is 0. The van der Waals surface area contributed by atoms with Crippen molar-refractivity contribution in [1.29, 1.82) is 0 Å². The van der Waals surface area contributed by atoms with Crippen LogP contribution in [0.5, 0.6) is 5.75 Å². The van der Waals surface area contributed by atoms with Crippen LogP contribution in [0.1, 0.15) is 0 Å². The van der Waals surface area contributed by atoms with E-state index < -0.39 is 5.83 Å². The monoisotopic (exact) mass is 249 g/mol.